The van der Waals surface area contributed by atoms with Crippen molar-refractivity contribution in [1.29, 1.82) is 0 Å². The maximum absolute atomic E-state index is 12.7. The largest absolute Gasteiger partial charge is 0.494 e. The molecule has 10 heteroatoms. The van der Waals surface area contributed by atoms with E-state index in [4.69, 9.17) is 10.5 Å². The normalized spacial score (nSPS) is 15.9. The second-order valence-electron chi connectivity index (χ2n) is 9.16. The van der Waals surface area contributed by atoms with Gasteiger partial charge in [0.05, 0.1) is 12.2 Å². The van der Waals surface area contributed by atoms with Gasteiger partial charge in [-0.15, -0.1) is 0 Å². The summed E-state index contributed by atoms with van der Waals surface area (Å²) < 4.78 is 44.1. The smallest absolute Gasteiger partial charge is 0.419 e. The molecule has 1 aromatic heterocycles. The number of nitrogens with one attached hydrogen (secondary N) is 1. The molecule has 0 spiro atoms. The average molecular weight is 496 g/mol. The third kappa shape index (κ3) is 7.78. The minimum atomic E-state index is -4.42. The number of hydrogen-bond donors (Lipinski definition) is 3. The van der Waals surface area contributed by atoms with E-state index in [9.17, 15) is 18.3 Å². The van der Waals surface area contributed by atoms with E-state index >= 15 is 0 Å². The van der Waals surface area contributed by atoms with Crippen LogP contribution < -0.4 is 20.7 Å². The van der Waals surface area contributed by atoms with E-state index in [2.05, 4.69) is 15.3 Å². The van der Waals surface area contributed by atoms with Gasteiger partial charge in [0.2, 0.25) is 5.95 Å². The predicted octanol–water partition coefficient (Wildman–Crippen LogP) is 4.12. The highest BCUT2D eigenvalue weighted by molar-refractivity contribution is 5.42. The van der Waals surface area contributed by atoms with E-state index in [1.807, 2.05) is 30.9 Å². The average Bonchev–Trinajstić information content (AvgIpc) is 2.81. The maximum atomic E-state index is 12.7. The Morgan fingerprint density at radius 3 is 2.34 bits per heavy atom. The molecule has 1 aromatic carbocycles. The second-order valence-corrected chi connectivity index (χ2v) is 9.16. The lowest BCUT2D eigenvalue weighted by molar-refractivity contribution is -0.138. The van der Waals surface area contributed by atoms with Crippen molar-refractivity contribution < 1.29 is 23.0 Å². The number of hydrogen-bond acceptors (Lipinski definition) is 7. The summed E-state index contributed by atoms with van der Waals surface area (Å²) in [5, 5.41) is 13.5. The first-order valence-electron chi connectivity index (χ1n) is 12.2. The zero-order valence-corrected chi connectivity index (χ0v) is 20.4. The van der Waals surface area contributed by atoms with Crippen molar-refractivity contribution in [2.24, 2.45) is 11.7 Å². The lowest BCUT2D eigenvalue weighted by Gasteiger charge is -2.32. The molecule has 35 heavy (non-hydrogen) atoms. The first-order chi connectivity index (χ1) is 16.7. The van der Waals surface area contributed by atoms with Crippen molar-refractivity contribution in [2.45, 2.75) is 58.4 Å². The molecule has 1 atom stereocenters. The number of aliphatic hydroxyl groups is 1. The molecule has 0 aliphatic carbocycles. The number of ether oxygens (including phenoxy) is 1. The molecule has 0 saturated carbocycles. The van der Waals surface area contributed by atoms with Gasteiger partial charge in [-0.05, 0) is 88.2 Å². The lowest BCUT2D eigenvalue weighted by atomic mass is 9.92. The number of aliphatic hydroxyl groups excluding tert-OH is 1. The molecule has 7 nitrogen and oxygen atoms in total. The van der Waals surface area contributed by atoms with Gasteiger partial charge >= 0.3 is 6.18 Å². The van der Waals surface area contributed by atoms with E-state index in [1.165, 1.54) is 0 Å². The van der Waals surface area contributed by atoms with E-state index < -0.39 is 18.0 Å². The van der Waals surface area contributed by atoms with Crippen LogP contribution in [0.15, 0.2) is 24.5 Å². The number of benzene rings is 1. The van der Waals surface area contributed by atoms with Gasteiger partial charge in [0, 0.05) is 31.0 Å². The number of rotatable bonds is 11. The SMILES string of the molecule is Cc1cc(OCCCC2CCN(c3ncc(C(F)(F)F)cn3)CC2)cc(C)c1C(O)NCCCN. The highest BCUT2D eigenvalue weighted by Crippen LogP contribution is 2.30. The fourth-order valence-electron chi connectivity index (χ4n) is 4.51. The topological polar surface area (TPSA) is 96.5 Å². The summed E-state index contributed by atoms with van der Waals surface area (Å²) in [7, 11) is 0. The zero-order valence-electron chi connectivity index (χ0n) is 20.4. The molecular weight excluding hydrogens is 459 g/mol. The number of nitrogens with two attached hydrogens (primary N) is 1. The molecule has 1 unspecified atom stereocenters. The van der Waals surface area contributed by atoms with Crippen LogP contribution in [0.5, 0.6) is 5.75 Å². The van der Waals surface area contributed by atoms with E-state index in [0.29, 0.717) is 31.6 Å². The Bertz CT molecular complexity index is 909. The summed E-state index contributed by atoms with van der Waals surface area (Å²) in [5.74, 6) is 1.70. The van der Waals surface area contributed by atoms with Gasteiger partial charge < -0.3 is 20.5 Å². The maximum Gasteiger partial charge on any atom is 0.419 e. The third-order valence-electron chi connectivity index (χ3n) is 6.45. The number of alkyl halides is 3. The summed E-state index contributed by atoms with van der Waals surface area (Å²) in [6.45, 7) is 7.26. The summed E-state index contributed by atoms with van der Waals surface area (Å²) >= 11 is 0. The molecule has 0 amide bonds. The molecular formula is C25H36F3N5O2. The number of aryl methyl sites for hydroxylation is 2. The highest BCUT2D eigenvalue weighted by Gasteiger charge is 2.32. The Balaban J connectivity index is 1.40. The Morgan fingerprint density at radius 1 is 1.14 bits per heavy atom. The Morgan fingerprint density at radius 2 is 1.77 bits per heavy atom. The minimum Gasteiger partial charge on any atom is -0.494 e. The number of nitrogens with zero attached hydrogens (tertiary/aromatic N) is 3. The van der Waals surface area contributed by atoms with Crippen LogP contribution in [0, 0.1) is 19.8 Å². The Kier molecular flexibility index (Phi) is 9.71. The molecule has 1 aliphatic heterocycles. The minimum absolute atomic E-state index is 0.355. The predicted molar refractivity (Wildman–Crippen MR) is 129 cm³/mol. The Hall–Kier alpha value is -2.43. The van der Waals surface area contributed by atoms with Crippen LogP contribution in [0.2, 0.25) is 0 Å². The van der Waals surface area contributed by atoms with Crippen molar-refractivity contribution in [3.8, 4) is 5.75 Å². The number of anilines is 1. The summed E-state index contributed by atoms with van der Waals surface area (Å²) in [6.07, 6.45) is 1.20. The van der Waals surface area contributed by atoms with Crippen molar-refractivity contribution >= 4 is 5.95 Å². The highest BCUT2D eigenvalue weighted by atomic mass is 19.4. The van der Waals surface area contributed by atoms with Crippen LogP contribution in [0.4, 0.5) is 19.1 Å². The van der Waals surface area contributed by atoms with E-state index in [-0.39, 0.29) is 0 Å². The van der Waals surface area contributed by atoms with Crippen molar-refractivity contribution in [3.05, 3.63) is 46.8 Å². The monoisotopic (exact) mass is 495 g/mol. The van der Waals surface area contributed by atoms with Gasteiger partial charge in [-0.2, -0.15) is 13.2 Å². The van der Waals surface area contributed by atoms with E-state index in [0.717, 1.165) is 80.0 Å². The van der Waals surface area contributed by atoms with Gasteiger partial charge in [0.1, 0.15) is 12.0 Å². The first kappa shape index (κ1) is 27.2. The van der Waals surface area contributed by atoms with Crippen LogP contribution in [0.1, 0.15) is 60.6 Å². The van der Waals surface area contributed by atoms with Gasteiger partial charge in [-0.3, -0.25) is 5.32 Å². The van der Waals surface area contributed by atoms with Crippen LogP contribution in [-0.2, 0) is 6.18 Å². The van der Waals surface area contributed by atoms with Crippen LogP contribution in [-0.4, -0.2) is 47.9 Å². The van der Waals surface area contributed by atoms with E-state index in [1.54, 1.807) is 0 Å². The number of piperidine rings is 1. The van der Waals surface area contributed by atoms with Crippen molar-refractivity contribution in [2.75, 3.05) is 37.7 Å². The van der Waals surface area contributed by atoms with Crippen molar-refractivity contribution in [3.63, 3.8) is 0 Å². The Labute approximate surface area is 204 Å². The molecule has 1 fully saturated rings. The number of halogens is 3. The van der Waals surface area contributed by atoms with Gasteiger partial charge in [-0.25, -0.2) is 9.97 Å². The molecule has 2 heterocycles. The molecule has 1 aliphatic rings. The van der Waals surface area contributed by atoms with Gasteiger partial charge in [-0.1, -0.05) is 0 Å². The summed E-state index contributed by atoms with van der Waals surface area (Å²) in [4.78, 5) is 9.75. The first-order valence-corrected chi connectivity index (χ1v) is 12.2. The summed E-state index contributed by atoms with van der Waals surface area (Å²) in [6, 6.07) is 3.91. The fraction of sp³-hybridized carbons (Fsp3) is 0.600. The standard InChI is InChI=1S/C25H36F3N5O2/c1-17-13-21(14-18(2)22(17)23(34)30-9-4-8-29)35-12-3-5-19-6-10-33(11-7-19)24-31-15-20(16-32-24)25(26,27)28/h13-16,19,23,30,34H,3-12,29H2,1-2H3. The van der Waals surface area contributed by atoms with Crippen LogP contribution in [0.25, 0.3) is 0 Å². The van der Waals surface area contributed by atoms with Crippen LogP contribution >= 0.6 is 0 Å². The molecule has 1 saturated heterocycles. The lowest BCUT2D eigenvalue weighted by Crippen LogP contribution is -2.35. The summed E-state index contributed by atoms with van der Waals surface area (Å²) in [5.41, 5.74) is 7.51. The molecule has 194 valence electrons. The second kappa shape index (κ2) is 12.5. The van der Waals surface area contributed by atoms with Crippen molar-refractivity contribution in [1.82, 2.24) is 15.3 Å². The third-order valence-corrected chi connectivity index (χ3v) is 6.45. The molecule has 3 rings (SSSR count). The van der Waals surface area contributed by atoms with Gasteiger partial charge in [0.15, 0.2) is 0 Å². The number of aromatic nitrogens is 2. The molecule has 0 radical (unpaired) electrons. The molecule has 2 aromatic rings. The van der Waals surface area contributed by atoms with Crippen LogP contribution in [0.3, 0.4) is 0 Å². The quantitative estimate of drug-likeness (QED) is 0.319. The zero-order chi connectivity index (χ0) is 25.4. The fourth-order valence-corrected chi connectivity index (χ4v) is 4.51. The van der Waals surface area contributed by atoms with Gasteiger partial charge in [0.25, 0.3) is 0 Å². The molecule has 4 N–H and O–H groups in total. The molecule has 0 bridgehead atoms.